The Bertz CT molecular complexity index is 406. The van der Waals surface area contributed by atoms with Crippen LogP contribution < -0.4 is 5.32 Å². The molecule has 100 valence electrons. The molecule has 1 heterocycles. The highest BCUT2D eigenvalue weighted by molar-refractivity contribution is 7.99. The summed E-state index contributed by atoms with van der Waals surface area (Å²) in [6.07, 6.45) is 4.69. The molecule has 1 N–H and O–H groups in total. The number of hydrogen-bond donors (Lipinski definition) is 1. The third-order valence-electron chi connectivity index (χ3n) is 3.40. The molecule has 1 unspecified atom stereocenters. The van der Waals surface area contributed by atoms with Gasteiger partial charge < -0.3 is 5.32 Å². The number of hydrogen-bond acceptors (Lipinski definition) is 4. The minimum absolute atomic E-state index is 0.685. The summed E-state index contributed by atoms with van der Waals surface area (Å²) in [7, 11) is 0. The normalized spacial score (nSPS) is 15.5. The van der Waals surface area contributed by atoms with Crippen LogP contribution in [0, 0.1) is 0 Å². The summed E-state index contributed by atoms with van der Waals surface area (Å²) in [4.78, 5) is 9.43. The summed E-state index contributed by atoms with van der Waals surface area (Å²) in [6, 6.07) is 0. The molecule has 0 amide bonds. The van der Waals surface area contributed by atoms with E-state index in [0.717, 1.165) is 36.8 Å². The number of anilines is 1. The van der Waals surface area contributed by atoms with Crippen molar-refractivity contribution < 1.29 is 0 Å². The van der Waals surface area contributed by atoms with Crippen LogP contribution in [0.2, 0.25) is 0 Å². The molecule has 4 heteroatoms. The van der Waals surface area contributed by atoms with E-state index in [4.69, 9.17) is 9.97 Å². The van der Waals surface area contributed by atoms with Crippen LogP contribution in [0.4, 0.5) is 5.82 Å². The first kappa shape index (κ1) is 13.7. The van der Waals surface area contributed by atoms with Crippen LogP contribution in [0.5, 0.6) is 0 Å². The Labute approximate surface area is 114 Å². The van der Waals surface area contributed by atoms with Gasteiger partial charge in [-0.1, -0.05) is 13.8 Å². The molecule has 0 bridgehead atoms. The summed E-state index contributed by atoms with van der Waals surface area (Å²) >= 11 is 1.95. The standard InChI is InChI=1S/C14H23N3S/c1-4-10(3)18-9-13-16-12-8-6-7-11(12)14(17-13)15-5-2/h10H,4-9H2,1-3H3,(H,15,16,17). The van der Waals surface area contributed by atoms with E-state index in [1.165, 1.54) is 24.1 Å². The number of rotatable bonds is 6. The predicted molar refractivity (Wildman–Crippen MR) is 79.3 cm³/mol. The zero-order chi connectivity index (χ0) is 13.0. The van der Waals surface area contributed by atoms with E-state index in [1.807, 2.05) is 11.8 Å². The third-order valence-corrected chi connectivity index (χ3v) is 4.72. The monoisotopic (exact) mass is 265 g/mol. The molecule has 0 radical (unpaired) electrons. The van der Waals surface area contributed by atoms with Crippen LogP contribution in [0.1, 0.15) is 50.7 Å². The largest absolute Gasteiger partial charge is 0.370 e. The molecule has 0 fully saturated rings. The Morgan fingerprint density at radius 3 is 2.83 bits per heavy atom. The van der Waals surface area contributed by atoms with Crippen LogP contribution in [0.3, 0.4) is 0 Å². The van der Waals surface area contributed by atoms with E-state index >= 15 is 0 Å². The summed E-state index contributed by atoms with van der Waals surface area (Å²) in [5.41, 5.74) is 2.63. The molecule has 0 aromatic carbocycles. The molecule has 2 rings (SSSR count). The smallest absolute Gasteiger partial charge is 0.140 e. The third kappa shape index (κ3) is 3.16. The van der Waals surface area contributed by atoms with Crippen molar-refractivity contribution in [2.45, 2.75) is 57.5 Å². The van der Waals surface area contributed by atoms with Crippen LogP contribution in [-0.4, -0.2) is 21.8 Å². The lowest BCUT2D eigenvalue weighted by Gasteiger charge is -2.12. The second-order valence-corrected chi connectivity index (χ2v) is 6.25. The number of thioether (sulfide) groups is 1. The van der Waals surface area contributed by atoms with Gasteiger partial charge in [-0.2, -0.15) is 11.8 Å². The Balaban J connectivity index is 2.13. The molecule has 1 aromatic rings. The zero-order valence-electron chi connectivity index (χ0n) is 11.6. The van der Waals surface area contributed by atoms with Gasteiger partial charge in [0.1, 0.15) is 11.6 Å². The average Bonchev–Trinajstić information content (AvgIpc) is 2.84. The molecule has 3 nitrogen and oxygen atoms in total. The summed E-state index contributed by atoms with van der Waals surface area (Å²) < 4.78 is 0. The maximum atomic E-state index is 4.73. The topological polar surface area (TPSA) is 37.8 Å². The maximum Gasteiger partial charge on any atom is 0.140 e. The summed E-state index contributed by atoms with van der Waals surface area (Å²) in [6.45, 7) is 7.55. The Morgan fingerprint density at radius 2 is 2.11 bits per heavy atom. The van der Waals surface area contributed by atoms with Crippen molar-refractivity contribution in [3.8, 4) is 0 Å². The van der Waals surface area contributed by atoms with Gasteiger partial charge in [0.15, 0.2) is 0 Å². The van der Waals surface area contributed by atoms with Gasteiger partial charge in [0, 0.05) is 23.1 Å². The van der Waals surface area contributed by atoms with E-state index < -0.39 is 0 Å². The molecule has 0 aliphatic heterocycles. The highest BCUT2D eigenvalue weighted by Crippen LogP contribution is 2.27. The fourth-order valence-corrected chi connectivity index (χ4v) is 2.99. The van der Waals surface area contributed by atoms with Crippen molar-refractivity contribution in [3.05, 3.63) is 17.1 Å². The second kappa shape index (κ2) is 6.41. The first-order valence-corrected chi connectivity index (χ1v) is 8.03. The quantitative estimate of drug-likeness (QED) is 0.855. The molecular weight excluding hydrogens is 242 g/mol. The first-order chi connectivity index (χ1) is 8.74. The number of aromatic nitrogens is 2. The summed E-state index contributed by atoms with van der Waals surface area (Å²) in [5, 5.41) is 4.07. The van der Waals surface area contributed by atoms with E-state index in [9.17, 15) is 0 Å². The van der Waals surface area contributed by atoms with Gasteiger partial charge in [0.2, 0.25) is 0 Å². The molecule has 0 spiro atoms. The number of aryl methyl sites for hydroxylation is 1. The Morgan fingerprint density at radius 1 is 1.28 bits per heavy atom. The van der Waals surface area contributed by atoms with E-state index in [0.29, 0.717) is 5.25 Å². The first-order valence-electron chi connectivity index (χ1n) is 6.98. The number of nitrogens with zero attached hydrogens (tertiary/aromatic N) is 2. The lowest BCUT2D eigenvalue weighted by atomic mass is 10.2. The van der Waals surface area contributed by atoms with Gasteiger partial charge in [-0.15, -0.1) is 0 Å². The minimum atomic E-state index is 0.685. The number of fused-ring (bicyclic) bond motifs is 1. The highest BCUT2D eigenvalue weighted by atomic mass is 32.2. The summed E-state index contributed by atoms with van der Waals surface area (Å²) in [5.74, 6) is 3.01. The molecule has 1 aromatic heterocycles. The Kier molecular flexibility index (Phi) is 4.87. The fraction of sp³-hybridized carbons (Fsp3) is 0.714. The van der Waals surface area contributed by atoms with Gasteiger partial charge in [0.25, 0.3) is 0 Å². The van der Waals surface area contributed by atoms with E-state index in [1.54, 1.807) is 0 Å². The zero-order valence-corrected chi connectivity index (χ0v) is 12.4. The van der Waals surface area contributed by atoms with Crippen LogP contribution in [0.15, 0.2) is 0 Å². The fourth-order valence-electron chi connectivity index (χ4n) is 2.20. The van der Waals surface area contributed by atoms with E-state index in [-0.39, 0.29) is 0 Å². The lowest BCUT2D eigenvalue weighted by molar-refractivity contribution is 0.887. The highest BCUT2D eigenvalue weighted by Gasteiger charge is 2.19. The molecule has 0 saturated heterocycles. The number of nitrogens with one attached hydrogen (secondary N) is 1. The second-order valence-electron chi connectivity index (χ2n) is 4.83. The maximum absolute atomic E-state index is 4.73. The predicted octanol–water partition coefficient (Wildman–Crippen LogP) is 3.43. The van der Waals surface area contributed by atoms with Crippen molar-refractivity contribution in [3.63, 3.8) is 0 Å². The molecular formula is C14H23N3S. The average molecular weight is 265 g/mol. The molecule has 18 heavy (non-hydrogen) atoms. The molecule has 0 saturated carbocycles. The van der Waals surface area contributed by atoms with Crippen molar-refractivity contribution in [2.24, 2.45) is 0 Å². The van der Waals surface area contributed by atoms with Crippen molar-refractivity contribution in [1.82, 2.24) is 9.97 Å². The van der Waals surface area contributed by atoms with Gasteiger partial charge in [0.05, 0.1) is 5.75 Å². The van der Waals surface area contributed by atoms with Crippen LogP contribution in [0.25, 0.3) is 0 Å². The van der Waals surface area contributed by atoms with Crippen LogP contribution >= 0.6 is 11.8 Å². The van der Waals surface area contributed by atoms with Gasteiger partial charge >= 0.3 is 0 Å². The van der Waals surface area contributed by atoms with Crippen LogP contribution in [-0.2, 0) is 18.6 Å². The molecule has 1 aliphatic carbocycles. The van der Waals surface area contributed by atoms with Gasteiger partial charge in [-0.05, 0) is 32.6 Å². The SMILES string of the molecule is CCNc1nc(CSC(C)CC)nc2c1CCC2. The van der Waals surface area contributed by atoms with Crippen molar-refractivity contribution in [1.29, 1.82) is 0 Å². The minimum Gasteiger partial charge on any atom is -0.370 e. The molecule has 1 atom stereocenters. The Hall–Kier alpha value is -0.770. The van der Waals surface area contributed by atoms with Gasteiger partial charge in [-0.25, -0.2) is 9.97 Å². The van der Waals surface area contributed by atoms with Crippen molar-refractivity contribution >= 4 is 17.6 Å². The van der Waals surface area contributed by atoms with Gasteiger partial charge in [-0.3, -0.25) is 0 Å². The molecule has 1 aliphatic rings. The lowest BCUT2D eigenvalue weighted by Crippen LogP contribution is -2.08. The van der Waals surface area contributed by atoms with Crippen molar-refractivity contribution in [2.75, 3.05) is 11.9 Å². The van der Waals surface area contributed by atoms with E-state index in [2.05, 4.69) is 26.1 Å².